The fourth-order valence-corrected chi connectivity index (χ4v) is 4.21. The number of hydrogen-bond donors (Lipinski definition) is 1. The van der Waals surface area contributed by atoms with Crippen LogP contribution in [-0.4, -0.2) is 35.7 Å². The van der Waals surface area contributed by atoms with Gasteiger partial charge in [0.2, 0.25) is 9.84 Å². The van der Waals surface area contributed by atoms with E-state index in [0.29, 0.717) is 5.02 Å². The third kappa shape index (κ3) is 4.21. The summed E-state index contributed by atoms with van der Waals surface area (Å²) in [6, 6.07) is 9.43. The Morgan fingerprint density at radius 3 is 2.20 bits per heavy atom. The smallest absolute Gasteiger partial charge is 0.406 e. The van der Waals surface area contributed by atoms with Gasteiger partial charge in [0.25, 0.3) is 0 Å². The van der Waals surface area contributed by atoms with Gasteiger partial charge in [-0.05, 0) is 50.2 Å². The number of rotatable bonds is 3. The highest BCUT2D eigenvalue weighted by atomic mass is 35.5. The van der Waals surface area contributed by atoms with Crippen LogP contribution in [0.3, 0.4) is 0 Å². The predicted octanol–water partition coefficient (Wildman–Crippen LogP) is 4.60. The zero-order valence-electron chi connectivity index (χ0n) is 15.6. The molecule has 2 aromatic carbocycles. The second kappa shape index (κ2) is 7.47. The van der Waals surface area contributed by atoms with Crippen molar-refractivity contribution in [1.82, 2.24) is 5.01 Å². The van der Waals surface area contributed by atoms with E-state index in [2.05, 4.69) is 15.2 Å². The molecule has 30 heavy (non-hydrogen) atoms. The zero-order valence-corrected chi connectivity index (χ0v) is 17.1. The monoisotopic (exact) mass is 461 g/mol. The standard InChI is InChI=1S/C18H15ClF3N3O4S/c1-17(2)25(24-15(30(17,27)28)11-3-5-12(19)6-4-11)16(26)23-13-7-9-14(10-8-13)29-18(20,21)22/h3-10H,1-2H3,(H,23,26). The normalized spacial score (nSPS) is 17.4. The third-order valence-corrected chi connectivity index (χ3v) is 6.80. The van der Waals surface area contributed by atoms with Crippen LogP contribution in [0.15, 0.2) is 53.6 Å². The maximum absolute atomic E-state index is 12.9. The van der Waals surface area contributed by atoms with Gasteiger partial charge in [-0.15, -0.1) is 13.2 Å². The van der Waals surface area contributed by atoms with E-state index in [1.165, 1.54) is 50.2 Å². The number of hydrogen-bond acceptors (Lipinski definition) is 5. The van der Waals surface area contributed by atoms with Crippen LogP contribution < -0.4 is 10.1 Å². The Balaban J connectivity index is 1.85. The van der Waals surface area contributed by atoms with E-state index in [1.807, 2.05) is 0 Å². The van der Waals surface area contributed by atoms with Crippen molar-refractivity contribution < 1.29 is 31.1 Å². The minimum atomic E-state index is -4.84. The van der Waals surface area contributed by atoms with E-state index in [4.69, 9.17) is 11.6 Å². The molecule has 3 rings (SSSR count). The lowest BCUT2D eigenvalue weighted by Gasteiger charge is -2.27. The van der Waals surface area contributed by atoms with Crippen LogP contribution >= 0.6 is 11.6 Å². The molecule has 1 aliphatic rings. The van der Waals surface area contributed by atoms with Crippen molar-refractivity contribution in [2.75, 3.05) is 5.32 Å². The summed E-state index contributed by atoms with van der Waals surface area (Å²) in [4.78, 5) is 11.0. The van der Waals surface area contributed by atoms with Crippen molar-refractivity contribution >= 4 is 38.2 Å². The van der Waals surface area contributed by atoms with Gasteiger partial charge in [0, 0.05) is 16.3 Å². The summed E-state index contributed by atoms with van der Waals surface area (Å²) in [6.45, 7) is 2.63. The van der Waals surface area contributed by atoms with Gasteiger partial charge in [-0.25, -0.2) is 13.2 Å². The van der Waals surface area contributed by atoms with Gasteiger partial charge in [-0.1, -0.05) is 23.7 Å². The van der Waals surface area contributed by atoms with E-state index in [9.17, 15) is 26.4 Å². The fourth-order valence-electron chi connectivity index (χ4n) is 2.63. The first-order valence-corrected chi connectivity index (χ1v) is 10.2. The summed E-state index contributed by atoms with van der Waals surface area (Å²) in [7, 11) is -4.02. The first kappa shape index (κ1) is 21.9. The molecule has 0 aromatic heterocycles. The Bertz CT molecular complexity index is 1100. The minimum Gasteiger partial charge on any atom is -0.406 e. The Morgan fingerprint density at radius 2 is 1.67 bits per heavy atom. The average Bonchev–Trinajstić information content (AvgIpc) is 2.82. The number of carbonyl (C=O) groups is 1. The minimum absolute atomic E-state index is 0.123. The molecule has 0 saturated carbocycles. The van der Waals surface area contributed by atoms with Gasteiger partial charge < -0.3 is 10.1 Å². The first-order valence-electron chi connectivity index (χ1n) is 8.37. The Morgan fingerprint density at radius 1 is 1.10 bits per heavy atom. The number of halogens is 4. The number of sulfone groups is 1. The third-order valence-electron chi connectivity index (χ3n) is 4.24. The number of carbonyl (C=O) groups excluding carboxylic acids is 1. The topological polar surface area (TPSA) is 88.1 Å². The number of hydrazone groups is 1. The Kier molecular flexibility index (Phi) is 5.46. The highest BCUT2D eigenvalue weighted by molar-refractivity contribution is 8.08. The molecule has 12 heteroatoms. The van der Waals surface area contributed by atoms with Gasteiger partial charge in [-0.2, -0.15) is 10.1 Å². The molecular weight excluding hydrogens is 447 g/mol. The molecule has 1 N–H and O–H groups in total. The summed E-state index contributed by atoms with van der Waals surface area (Å²) in [5.74, 6) is -0.465. The molecule has 1 aliphatic heterocycles. The van der Waals surface area contributed by atoms with Crippen LogP contribution in [0.25, 0.3) is 0 Å². The first-order chi connectivity index (χ1) is 13.8. The second-order valence-corrected chi connectivity index (χ2v) is 9.51. The number of alkyl halides is 3. The van der Waals surface area contributed by atoms with Crippen molar-refractivity contribution in [1.29, 1.82) is 0 Å². The number of anilines is 1. The Hall–Kier alpha value is -2.79. The molecule has 1 heterocycles. The van der Waals surface area contributed by atoms with Gasteiger partial charge in [0.1, 0.15) is 5.75 Å². The quantitative estimate of drug-likeness (QED) is 0.723. The summed E-state index contributed by atoms with van der Waals surface area (Å²) in [5, 5.41) is 7.27. The number of amides is 2. The van der Waals surface area contributed by atoms with Gasteiger partial charge in [-0.3, -0.25) is 0 Å². The second-order valence-electron chi connectivity index (χ2n) is 6.68. The van der Waals surface area contributed by atoms with Crippen molar-refractivity contribution in [3.63, 3.8) is 0 Å². The average molecular weight is 462 g/mol. The van der Waals surface area contributed by atoms with Crippen LogP contribution in [0.5, 0.6) is 5.75 Å². The number of urea groups is 1. The molecule has 0 aliphatic carbocycles. The lowest BCUT2D eigenvalue weighted by atomic mass is 10.2. The van der Waals surface area contributed by atoms with E-state index in [-0.39, 0.29) is 16.3 Å². The maximum Gasteiger partial charge on any atom is 0.573 e. The van der Waals surface area contributed by atoms with E-state index in [1.54, 1.807) is 0 Å². The van der Waals surface area contributed by atoms with Crippen molar-refractivity contribution in [2.24, 2.45) is 5.10 Å². The van der Waals surface area contributed by atoms with E-state index >= 15 is 0 Å². The van der Waals surface area contributed by atoms with E-state index in [0.717, 1.165) is 17.1 Å². The number of benzene rings is 2. The number of nitrogens with one attached hydrogen (secondary N) is 1. The number of nitrogens with zero attached hydrogens (tertiary/aromatic N) is 2. The lowest BCUT2D eigenvalue weighted by Crippen LogP contribution is -2.48. The highest BCUT2D eigenvalue weighted by Gasteiger charge is 2.52. The molecule has 0 atom stereocenters. The molecule has 7 nitrogen and oxygen atoms in total. The molecule has 0 radical (unpaired) electrons. The van der Waals surface area contributed by atoms with Crippen LogP contribution in [0, 0.1) is 0 Å². The number of ether oxygens (including phenoxy) is 1. The Labute approximate surface area is 175 Å². The molecule has 2 aromatic rings. The molecule has 0 saturated heterocycles. The van der Waals surface area contributed by atoms with Gasteiger partial charge in [0.05, 0.1) is 0 Å². The van der Waals surface area contributed by atoms with Crippen LogP contribution in [-0.2, 0) is 9.84 Å². The predicted molar refractivity (Wildman–Crippen MR) is 105 cm³/mol. The van der Waals surface area contributed by atoms with E-state index < -0.39 is 32.9 Å². The molecule has 0 spiro atoms. The molecule has 2 amide bonds. The van der Waals surface area contributed by atoms with Crippen molar-refractivity contribution in [3.8, 4) is 5.75 Å². The highest BCUT2D eigenvalue weighted by Crippen LogP contribution is 2.34. The molecule has 0 unspecified atom stereocenters. The molecule has 0 bridgehead atoms. The molecule has 0 fully saturated rings. The molecular formula is C18H15ClF3N3O4S. The van der Waals surface area contributed by atoms with Crippen molar-refractivity contribution in [3.05, 3.63) is 59.1 Å². The summed E-state index contributed by atoms with van der Waals surface area (Å²) < 4.78 is 66.3. The largest absolute Gasteiger partial charge is 0.573 e. The van der Waals surface area contributed by atoms with Crippen LogP contribution in [0.1, 0.15) is 19.4 Å². The zero-order chi connectivity index (χ0) is 22.3. The SMILES string of the molecule is CC1(C)N(C(=O)Nc2ccc(OC(F)(F)F)cc2)N=C(c2ccc(Cl)cc2)S1(=O)=O. The summed E-state index contributed by atoms with van der Waals surface area (Å²) >= 11 is 5.83. The maximum atomic E-state index is 12.9. The summed E-state index contributed by atoms with van der Waals surface area (Å²) in [5.41, 5.74) is 0.384. The lowest BCUT2D eigenvalue weighted by molar-refractivity contribution is -0.274. The van der Waals surface area contributed by atoms with Gasteiger partial charge in [0.15, 0.2) is 9.91 Å². The van der Waals surface area contributed by atoms with Crippen LogP contribution in [0.2, 0.25) is 5.02 Å². The van der Waals surface area contributed by atoms with Gasteiger partial charge >= 0.3 is 12.4 Å². The van der Waals surface area contributed by atoms with Crippen LogP contribution in [0.4, 0.5) is 23.7 Å². The fraction of sp³-hybridized carbons (Fsp3) is 0.222. The summed E-state index contributed by atoms with van der Waals surface area (Å²) in [6.07, 6.45) is -4.84. The molecule has 160 valence electrons. The van der Waals surface area contributed by atoms with Crippen molar-refractivity contribution in [2.45, 2.75) is 25.1 Å².